The average Bonchev–Trinajstić information content (AvgIpc) is 2.48. The zero-order chi connectivity index (χ0) is 14.0. The van der Waals surface area contributed by atoms with E-state index in [9.17, 15) is 0 Å². The van der Waals surface area contributed by atoms with E-state index in [4.69, 9.17) is 0 Å². The molecular formula is C15H16N5+. The van der Waals surface area contributed by atoms with Crippen molar-refractivity contribution < 1.29 is 4.48 Å². The van der Waals surface area contributed by atoms with Crippen molar-refractivity contribution in [2.24, 2.45) is 0 Å². The van der Waals surface area contributed by atoms with E-state index < -0.39 is 0 Å². The number of hydrogen-bond acceptors (Lipinski definition) is 4. The maximum absolute atomic E-state index is 4.54. The monoisotopic (exact) mass is 266 g/mol. The molecule has 5 nitrogen and oxygen atoms in total. The van der Waals surface area contributed by atoms with E-state index in [0.29, 0.717) is 11.6 Å². The van der Waals surface area contributed by atoms with E-state index in [-0.39, 0.29) is 0 Å². The van der Waals surface area contributed by atoms with Crippen LogP contribution in [0.4, 0.5) is 0 Å². The second kappa shape index (κ2) is 4.94. The highest BCUT2D eigenvalue weighted by Gasteiger charge is 2.16. The Morgan fingerprint density at radius 2 is 1.80 bits per heavy atom. The van der Waals surface area contributed by atoms with Gasteiger partial charge in [-0.25, -0.2) is 15.0 Å². The summed E-state index contributed by atoms with van der Waals surface area (Å²) in [5, 5.41) is 0. The molecule has 0 fully saturated rings. The molecule has 0 bridgehead atoms. The third-order valence-corrected chi connectivity index (χ3v) is 3.21. The predicted octanol–water partition coefficient (Wildman–Crippen LogP) is 1.92. The molecule has 0 aromatic carbocycles. The number of quaternary nitrogens is 1. The van der Waals surface area contributed by atoms with Crippen LogP contribution in [0.3, 0.4) is 0 Å². The Labute approximate surface area is 118 Å². The molecule has 0 amide bonds. The third kappa shape index (κ3) is 2.62. The molecule has 0 radical (unpaired) electrons. The molecule has 0 atom stereocenters. The van der Waals surface area contributed by atoms with Gasteiger partial charge in [0, 0.05) is 29.6 Å². The Kier molecular flexibility index (Phi) is 3.12. The maximum Gasteiger partial charge on any atom is 0.163 e. The number of likely N-dealkylation sites (N-methyl/N-ethyl adjacent to an activating group) is 1. The topological polar surface area (TPSA) is 51.6 Å². The quantitative estimate of drug-likeness (QED) is 0.779. The van der Waals surface area contributed by atoms with Crippen LogP contribution < -0.4 is 0 Å². The first kappa shape index (κ1) is 12.6. The van der Waals surface area contributed by atoms with Crippen LogP contribution in [-0.4, -0.2) is 45.1 Å². The number of pyridine rings is 1. The molecule has 5 heteroatoms. The molecule has 0 unspecified atom stereocenters. The van der Waals surface area contributed by atoms with Crippen LogP contribution in [0.15, 0.2) is 49.2 Å². The van der Waals surface area contributed by atoms with Gasteiger partial charge in [-0.3, -0.25) is 9.47 Å². The Morgan fingerprint density at radius 1 is 1.05 bits per heavy atom. The van der Waals surface area contributed by atoms with Crippen molar-refractivity contribution >= 4 is 5.57 Å². The first-order valence-corrected chi connectivity index (χ1v) is 6.46. The van der Waals surface area contributed by atoms with Crippen LogP contribution in [-0.2, 0) is 0 Å². The number of nitrogens with zero attached hydrogens (tertiary/aromatic N) is 5. The molecule has 1 aliphatic heterocycles. The van der Waals surface area contributed by atoms with E-state index in [1.54, 1.807) is 18.7 Å². The number of rotatable bonds is 2. The molecule has 20 heavy (non-hydrogen) atoms. The molecule has 3 rings (SSSR count). The summed E-state index contributed by atoms with van der Waals surface area (Å²) in [5.41, 5.74) is 1.99. The zero-order valence-corrected chi connectivity index (χ0v) is 11.6. The van der Waals surface area contributed by atoms with E-state index >= 15 is 0 Å². The van der Waals surface area contributed by atoms with Gasteiger partial charge in [0.15, 0.2) is 11.6 Å². The Hall–Kier alpha value is -2.40. The second-order valence-electron chi connectivity index (χ2n) is 5.30. The Balaban J connectivity index is 1.94. The lowest BCUT2D eigenvalue weighted by atomic mass is 10.1. The number of hydrogen-bond donors (Lipinski definition) is 0. The van der Waals surface area contributed by atoms with Gasteiger partial charge in [-0.05, 0) is 18.2 Å². The molecule has 0 saturated carbocycles. The fraction of sp³-hybridized carbons (Fsp3) is 0.200. The molecule has 0 saturated heterocycles. The van der Waals surface area contributed by atoms with Crippen molar-refractivity contribution in [3.8, 4) is 11.4 Å². The summed E-state index contributed by atoms with van der Waals surface area (Å²) in [6, 6.07) is 3.79. The molecule has 2 aromatic heterocycles. The lowest BCUT2D eigenvalue weighted by Crippen LogP contribution is -2.34. The lowest BCUT2D eigenvalue weighted by molar-refractivity contribution is -0.833. The fourth-order valence-corrected chi connectivity index (χ4v) is 1.99. The van der Waals surface area contributed by atoms with Gasteiger partial charge in [-0.15, -0.1) is 0 Å². The van der Waals surface area contributed by atoms with Crippen molar-refractivity contribution in [2.45, 2.75) is 0 Å². The molecule has 1 aliphatic rings. The third-order valence-electron chi connectivity index (χ3n) is 3.21. The predicted molar refractivity (Wildman–Crippen MR) is 77.2 cm³/mol. The van der Waals surface area contributed by atoms with Gasteiger partial charge in [0.1, 0.15) is 12.9 Å². The number of allylic oxidation sites excluding steroid dienone is 2. The second-order valence-corrected chi connectivity index (χ2v) is 5.30. The zero-order valence-electron chi connectivity index (χ0n) is 11.6. The molecule has 0 aliphatic carbocycles. The van der Waals surface area contributed by atoms with Crippen molar-refractivity contribution in [3.05, 3.63) is 55.0 Å². The highest BCUT2D eigenvalue weighted by Crippen LogP contribution is 2.20. The van der Waals surface area contributed by atoms with Crippen molar-refractivity contribution in [1.29, 1.82) is 0 Å². The Morgan fingerprint density at radius 3 is 2.50 bits per heavy atom. The van der Waals surface area contributed by atoms with Crippen LogP contribution in [0, 0.1) is 0 Å². The summed E-state index contributed by atoms with van der Waals surface area (Å²) in [6.45, 7) is 0.933. The number of aromatic nitrogens is 4. The van der Waals surface area contributed by atoms with Crippen LogP contribution in [0.25, 0.3) is 17.0 Å². The first-order chi connectivity index (χ1) is 9.64. The van der Waals surface area contributed by atoms with E-state index in [0.717, 1.165) is 22.2 Å². The minimum atomic E-state index is 0.672. The summed E-state index contributed by atoms with van der Waals surface area (Å²) in [5.74, 6) is 1.38. The highest BCUT2D eigenvalue weighted by molar-refractivity contribution is 5.70. The fourth-order valence-electron chi connectivity index (χ4n) is 1.99. The smallest absolute Gasteiger partial charge is 0.163 e. The van der Waals surface area contributed by atoms with Gasteiger partial charge in [0.05, 0.1) is 20.3 Å². The van der Waals surface area contributed by atoms with Crippen LogP contribution in [0.5, 0.6) is 0 Å². The summed E-state index contributed by atoms with van der Waals surface area (Å²) in [7, 11) is 4.30. The molecule has 0 N–H and O–H groups in total. The highest BCUT2D eigenvalue weighted by atomic mass is 15.3. The van der Waals surface area contributed by atoms with Gasteiger partial charge in [0.2, 0.25) is 0 Å². The van der Waals surface area contributed by atoms with Gasteiger partial charge in [0.25, 0.3) is 0 Å². The molecule has 2 aromatic rings. The van der Waals surface area contributed by atoms with Gasteiger partial charge in [-0.2, -0.15) is 0 Å². The molecule has 0 spiro atoms. The van der Waals surface area contributed by atoms with Crippen LogP contribution >= 0.6 is 0 Å². The minimum Gasteiger partial charge on any atom is -0.299 e. The summed E-state index contributed by atoms with van der Waals surface area (Å²) in [4.78, 5) is 17.0. The molecular weight excluding hydrogens is 250 g/mol. The average molecular weight is 266 g/mol. The van der Waals surface area contributed by atoms with Crippen LogP contribution in [0.2, 0.25) is 0 Å². The maximum atomic E-state index is 4.54. The summed E-state index contributed by atoms with van der Waals surface area (Å²) >= 11 is 0. The van der Waals surface area contributed by atoms with Crippen molar-refractivity contribution in [3.63, 3.8) is 0 Å². The minimum absolute atomic E-state index is 0.672. The molecule has 3 heterocycles. The van der Waals surface area contributed by atoms with Crippen LogP contribution in [0.1, 0.15) is 5.82 Å². The van der Waals surface area contributed by atoms with Gasteiger partial charge < -0.3 is 0 Å². The normalized spacial score (nSPS) is 16.8. The van der Waals surface area contributed by atoms with E-state index in [1.165, 1.54) is 0 Å². The Bertz CT molecular complexity index is 674. The summed E-state index contributed by atoms with van der Waals surface area (Å²) in [6.07, 6.45) is 11.4. The van der Waals surface area contributed by atoms with Crippen molar-refractivity contribution in [2.75, 3.05) is 20.6 Å². The first-order valence-electron chi connectivity index (χ1n) is 6.46. The summed E-state index contributed by atoms with van der Waals surface area (Å²) < 4.78 is 0.839. The molecule has 100 valence electrons. The van der Waals surface area contributed by atoms with E-state index in [2.05, 4.69) is 52.4 Å². The lowest BCUT2D eigenvalue weighted by Gasteiger charge is -2.26. The van der Waals surface area contributed by atoms with Gasteiger partial charge in [-0.1, -0.05) is 0 Å². The van der Waals surface area contributed by atoms with E-state index in [1.807, 2.05) is 12.1 Å². The van der Waals surface area contributed by atoms with Gasteiger partial charge >= 0.3 is 0 Å². The largest absolute Gasteiger partial charge is 0.299 e. The SMILES string of the molecule is C[N+]1(C)C=CC(c2ncnc(-c3ccncc3)n2)=CC1. The van der Waals surface area contributed by atoms with Crippen molar-refractivity contribution in [1.82, 2.24) is 19.9 Å². The standard InChI is InChI=1S/C15H16N5/c1-20(2)9-5-13(6-10-20)15-18-11-17-14(19-15)12-3-7-16-8-4-12/h3-9,11H,10H2,1-2H3/q+1.